The van der Waals surface area contributed by atoms with E-state index in [9.17, 15) is 0 Å². The van der Waals surface area contributed by atoms with Crippen LogP contribution in [0, 0.1) is 29.6 Å². The Morgan fingerprint density at radius 1 is 0.795 bits per heavy atom. The van der Waals surface area contributed by atoms with Gasteiger partial charge in [-0.2, -0.15) is 0 Å². The van der Waals surface area contributed by atoms with Crippen LogP contribution in [0.5, 0.6) is 0 Å². The second kappa shape index (κ2) is 11.5. The first-order chi connectivity index (χ1) is 19.3. The molecule has 0 saturated heterocycles. The van der Waals surface area contributed by atoms with E-state index in [4.69, 9.17) is 0 Å². The van der Waals surface area contributed by atoms with Crippen molar-refractivity contribution in [2.24, 2.45) is 29.6 Å². The molecule has 1 aliphatic heterocycles. The Morgan fingerprint density at radius 2 is 1.79 bits per heavy atom. The van der Waals surface area contributed by atoms with Gasteiger partial charge in [0, 0.05) is 19.0 Å². The molecule has 1 N–H and O–H groups in total. The van der Waals surface area contributed by atoms with Crippen LogP contribution in [0.2, 0.25) is 0 Å². The van der Waals surface area contributed by atoms with Crippen LogP contribution in [0.3, 0.4) is 0 Å². The number of hydrogen-bond donors (Lipinski definition) is 1. The van der Waals surface area contributed by atoms with Crippen LogP contribution in [0.25, 0.3) is 0 Å². The van der Waals surface area contributed by atoms with E-state index in [0.29, 0.717) is 17.8 Å². The van der Waals surface area contributed by atoms with E-state index in [-0.39, 0.29) is 0 Å². The van der Waals surface area contributed by atoms with E-state index in [1.807, 2.05) is 0 Å². The van der Waals surface area contributed by atoms with Crippen LogP contribution in [0.1, 0.15) is 70.6 Å². The quantitative estimate of drug-likeness (QED) is 0.360. The number of allylic oxidation sites excluding steroid dienone is 18. The number of fused-ring (bicyclic) bond motifs is 1. The van der Waals surface area contributed by atoms with Crippen molar-refractivity contribution in [3.8, 4) is 0 Å². The normalized spacial score (nSPS) is 34.3. The van der Waals surface area contributed by atoms with Crippen molar-refractivity contribution in [1.82, 2.24) is 5.32 Å². The molecule has 0 aromatic rings. The van der Waals surface area contributed by atoms with Gasteiger partial charge in [-0.15, -0.1) is 0 Å². The molecule has 0 spiro atoms. The monoisotopic (exact) mass is 515 g/mol. The number of rotatable bonds is 5. The van der Waals surface area contributed by atoms with Gasteiger partial charge < -0.3 is 5.32 Å². The third kappa shape index (κ3) is 5.28. The molecule has 1 heteroatoms. The van der Waals surface area contributed by atoms with Crippen molar-refractivity contribution in [3.63, 3.8) is 0 Å². The van der Waals surface area contributed by atoms with Crippen LogP contribution in [0.15, 0.2) is 118 Å². The van der Waals surface area contributed by atoms with E-state index < -0.39 is 0 Å². The Hall–Kier alpha value is -2.64. The van der Waals surface area contributed by atoms with E-state index in [0.717, 1.165) is 24.9 Å². The molecule has 7 rings (SSSR count). The molecule has 0 aromatic heterocycles. The highest BCUT2D eigenvalue weighted by atomic mass is 14.9. The molecule has 0 amide bonds. The minimum absolute atomic E-state index is 0.521. The Kier molecular flexibility index (Phi) is 7.44. The highest BCUT2D eigenvalue weighted by Gasteiger charge is 2.36. The van der Waals surface area contributed by atoms with E-state index in [2.05, 4.69) is 84.3 Å². The summed E-state index contributed by atoms with van der Waals surface area (Å²) in [6.45, 7) is 2.17. The zero-order valence-corrected chi connectivity index (χ0v) is 23.6. The average Bonchev–Trinajstić information content (AvgIpc) is 3.57. The predicted octanol–water partition coefficient (Wildman–Crippen LogP) is 9.20. The summed E-state index contributed by atoms with van der Waals surface area (Å²) in [6.07, 6.45) is 45.8. The first-order valence-corrected chi connectivity index (χ1v) is 15.9. The van der Waals surface area contributed by atoms with Crippen LogP contribution >= 0.6 is 0 Å². The zero-order valence-electron chi connectivity index (χ0n) is 23.6. The van der Waals surface area contributed by atoms with Gasteiger partial charge in [-0.1, -0.05) is 84.6 Å². The molecule has 5 atom stereocenters. The van der Waals surface area contributed by atoms with Crippen LogP contribution in [0.4, 0.5) is 0 Å². The SMILES string of the molecule is C1=CCCC(C2=CC(C3CCC(C4=CCC(C5=CCNC5)CC4)=C4C=CC=CC43)=CC(C3CC=CCC3)C2)=C1. The molecule has 0 saturated carbocycles. The van der Waals surface area contributed by atoms with E-state index in [1.54, 1.807) is 39.0 Å². The van der Waals surface area contributed by atoms with Crippen molar-refractivity contribution in [3.05, 3.63) is 118 Å². The lowest BCUT2D eigenvalue weighted by atomic mass is 9.65. The highest BCUT2D eigenvalue weighted by molar-refractivity contribution is 5.52. The van der Waals surface area contributed by atoms with Gasteiger partial charge >= 0.3 is 0 Å². The predicted molar refractivity (Wildman–Crippen MR) is 165 cm³/mol. The standard InChI is InChI=1S/C38H45N/c1-3-9-27(10-4-1)32-23-33(28-11-5-2-6-12-28)25-34(24-32)36-20-19-35(37-13-7-8-14-38(36)37)30-17-15-29(16-18-30)31-21-22-39-26-31/h1-3,5,7-9,13-14,17,21,24-25,28-29,33,36,38-39H,4,6,10-12,15-16,18-20,22-23,26H2. The lowest BCUT2D eigenvalue weighted by Crippen LogP contribution is -2.27. The first kappa shape index (κ1) is 25.3. The summed E-state index contributed by atoms with van der Waals surface area (Å²) in [7, 11) is 0. The van der Waals surface area contributed by atoms with E-state index in [1.165, 1.54) is 70.6 Å². The van der Waals surface area contributed by atoms with Crippen molar-refractivity contribution >= 4 is 0 Å². The van der Waals surface area contributed by atoms with E-state index >= 15 is 0 Å². The maximum Gasteiger partial charge on any atom is 0.0170 e. The second-order valence-corrected chi connectivity index (χ2v) is 12.9. The summed E-state index contributed by atoms with van der Waals surface area (Å²) < 4.78 is 0. The Morgan fingerprint density at radius 3 is 2.59 bits per heavy atom. The van der Waals surface area contributed by atoms with Gasteiger partial charge in [0.25, 0.3) is 0 Å². The minimum Gasteiger partial charge on any atom is -0.310 e. The van der Waals surface area contributed by atoms with Crippen LogP contribution in [-0.2, 0) is 0 Å². The molecule has 0 bridgehead atoms. The number of hydrogen-bond acceptors (Lipinski definition) is 1. The first-order valence-electron chi connectivity index (χ1n) is 15.9. The minimum atomic E-state index is 0.521. The van der Waals surface area contributed by atoms with Crippen molar-refractivity contribution in [2.75, 3.05) is 13.1 Å². The Labute approximate surface area is 236 Å². The largest absolute Gasteiger partial charge is 0.310 e. The van der Waals surface area contributed by atoms with Gasteiger partial charge in [0.1, 0.15) is 0 Å². The molecule has 1 heterocycles. The van der Waals surface area contributed by atoms with Gasteiger partial charge in [-0.05, 0) is 128 Å². The summed E-state index contributed by atoms with van der Waals surface area (Å²) in [5.41, 5.74) is 11.5. The molecule has 6 aliphatic carbocycles. The molecule has 1 nitrogen and oxygen atoms in total. The van der Waals surface area contributed by atoms with Gasteiger partial charge in [-0.25, -0.2) is 0 Å². The van der Waals surface area contributed by atoms with Gasteiger partial charge in [0.2, 0.25) is 0 Å². The van der Waals surface area contributed by atoms with Crippen LogP contribution < -0.4 is 5.32 Å². The van der Waals surface area contributed by atoms with Gasteiger partial charge in [0.15, 0.2) is 0 Å². The summed E-state index contributed by atoms with van der Waals surface area (Å²) in [4.78, 5) is 0. The maximum absolute atomic E-state index is 3.51. The summed E-state index contributed by atoms with van der Waals surface area (Å²) in [6, 6.07) is 0. The Balaban J connectivity index is 1.18. The fraction of sp³-hybridized carbons (Fsp3) is 0.474. The van der Waals surface area contributed by atoms with Gasteiger partial charge in [0.05, 0.1) is 0 Å². The highest BCUT2D eigenvalue weighted by Crippen LogP contribution is 2.49. The molecule has 202 valence electrons. The molecule has 0 fully saturated rings. The van der Waals surface area contributed by atoms with Crippen LogP contribution in [-0.4, -0.2) is 13.1 Å². The molecule has 0 aromatic carbocycles. The maximum atomic E-state index is 3.51. The third-order valence-corrected chi connectivity index (χ3v) is 10.7. The molecule has 39 heavy (non-hydrogen) atoms. The summed E-state index contributed by atoms with van der Waals surface area (Å²) in [5.74, 6) is 3.37. The molecule has 0 radical (unpaired) electrons. The van der Waals surface area contributed by atoms with Gasteiger partial charge in [-0.3, -0.25) is 0 Å². The number of nitrogens with one attached hydrogen (secondary N) is 1. The lowest BCUT2D eigenvalue weighted by molar-refractivity contribution is 0.351. The van der Waals surface area contributed by atoms with Crippen molar-refractivity contribution in [2.45, 2.75) is 70.6 Å². The average molecular weight is 516 g/mol. The fourth-order valence-electron chi connectivity index (χ4n) is 8.50. The second-order valence-electron chi connectivity index (χ2n) is 12.9. The van der Waals surface area contributed by atoms with Crippen molar-refractivity contribution < 1.29 is 0 Å². The lowest BCUT2D eigenvalue weighted by Gasteiger charge is -2.39. The zero-order chi connectivity index (χ0) is 26.0. The molecular weight excluding hydrogens is 470 g/mol. The third-order valence-electron chi connectivity index (χ3n) is 10.7. The summed E-state index contributed by atoms with van der Waals surface area (Å²) >= 11 is 0. The Bertz CT molecular complexity index is 1280. The summed E-state index contributed by atoms with van der Waals surface area (Å²) in [5, 5.41) is 3.51. The topological polar surface area (TPSA) is 12.0 Å². The molecule has 5 unspecified atom stereocenters. The van der Waals surface area contributed by atoms with Crippen molar-refractivity contribution in [1.29, 1.82) is 0 Å². The molecule has 7 aliphatic rings. The smallest absolute Gasteiger partial charge is 0.0170 e. The fourth-order valence-corrected chi connectivity index (χ4v) is 8.50. The molecular formula is C38H45N.